The zero-order valence-corrected chi connectivity index (χ0v) is 12.5. The Morgan fingerprint density at radius 1 is 0.909 bits per heavy atom. The van der Waals surface area contributed by atoms with E-state index in [2.05, 4.69) is 23.6 Å². The Morgan fingerprint density at radius 3 is 1.09 bits per heavy atom. The molecule has 10 heteroatoms. The molecule has 0 radical (unpaired) electrons. The van der Waals surface area contributed by atoms with Gasteiger partial charge >= 0.3 is 24.2 Å². The number of hydrogen-bond donors (Lipinski definition) is 5. The standard InChI is InChI=1S/2C4H6O2.C3H7NO2.CH2O3/c2*1-3(2)4(5)6;1-2-6-3(4)5;2-1(3)4/h2*1H2,2H3,(H,5,6);2H2,1H3,(H2,4,5);(H2,2,3,4). The van der Waals surface area contributed by atoms with E-state index in [9.17, 15) is 14.4 Å². The van der Waals surface area contributed by atoms with E-state index in [1.165, 1.54) is 13.8 Å². The van der Waals surface area contributed by atoms with E-state index in [1.54, 1.807) is 6.92 Å². The highest BCUT2D eigenvalue weighted by Gasteiger charge is 1.90. The van der Waals surface area contributed by atoms with Gasteiger partial charge in [0.05, 0.1) is 6.61 Å². The molecule has 22 heavy (non-hydrogen) atoms. The number of carboxylic acid groups (broad SMARTS) is 4. The van der Waals surface area contributed by atoms with Gasteiger partial charge < -0.3 is 30.9 Å². The van der Waals surface area contributed by atoms with Crippen molar-refractivity contribution in [1.29, 1.82) is 0 Å². The summed E-state index contributed by atoms with van der Waals surface area (Å²) in [4.78, 5) is 37.4. The number of nitrogens with two attached hydrogens (primary N) is 1. The maximum atomic E-state index is 9.60. The number of carbonyl (C=O) groups excluding carboxylic acids is 1. The van der Waals surface area contributed by atoms with Crippen molar-refractivity contribution in [3.05, 3.63) is 24.3 Å². The molecule has 1 amide bonds. The summed E-state index contributed by atoms with van der Waals surface area (Å²) in [5.41, 5.74) is 4.89. The molecule has 0 saturated carbocycles. The number of aliphatic carboxylic acids is 2. The predicted molar refractivity (Wildman–Crippen MR) is 76.8 cm³/mol. The molecule has 0 bridgehead atoms. The maximum absolute atomic E-state index is 9.60. The van der Waals surface area contributed by atoms with E-state index in [0.717, 1.165) is 0 Å². The predicted octanol–water partition coefficient (Wildman–Crippen LogP) is 1.62. The molecule has 0 aliphatic heterocycles. The van der Waals surface area contributed by atoms with Gasteiger partial charge in [-0.3, -0.25) is 0 Å². The normalized spacial score (nSPS) is 7.23. The molecule has 0 aliphatic rings. The van der Waals surface area contributed by atoms with Crippen LogP contribution in [0.4, 0.5) is 9.59 Å². The minimum Gasteiger partial charge on any atom is -0.478 e. The topological polar surface area (TPSA) is 184 Å². The van der Waals surface area contributed by atoms with E-state index in [1.807, 2.05) is 0 Å². The minimum absolute atomic E-state index is 0.176. The van der Waals surface area contributed by atoms with Gasteiger partial charge in [-0.15, -0.1) is 0 Å². The summed E-state index contributed by atoms with van der Waals surface area (Å²) in [6, 6.07) is 0. The Bertz CT molecular complexity index is 349. The van der Waals surface area contributed by atoms with Gasteiger partial charge in [0, 0.05) is 11.1 Å². The number of carboxylic acids is 2. The molecule has 0 spiro atoms. The molecule has 10 nitrogen and oxygen atoms in total. The van der Waals surface area contributed by atoms with Crippen LogP contribution in [0.2, 0.25) is 0 Å². The second kappa shape index (κ2) is 18.0. The average molecular weight is 323 g/mol. The smallest absolute Gasteiger partial charge is 0.478 e. The van der Waals surface area contributed by atoms with Gasteiger partial charge in [-0.1, -0.05) is 13.2 Å². The molecule has 6 N–H and O–H groups in total. The lowest BCUT2D eigenvalue weighted by atomic mass is 10.4. The van der Waals surface area contributed by atoms with Gasteiger partial charge in [0.1, 0.15) is 0 Å². The fourth-order valence-corrected chi connectivity index (χ4v) is 0.142. The van der Waals surface area contributed by atoms with Crippen molar-refractivity contribution in [2.75, 3.05) is 6.61 Å². The molecular weight excluding hydrogens is 302 g/mol. The SMILES string of the molecule is C=C(C)C(=O)O.C=C(C)C(=O)O.CCOC(N)=O.O=C(O)O. The van der Waals surface area contributed by atoms with Crippen LogP contribution in [-0.4, -0.2) is 51.2 Å². The van der Waals surface area contributed by atoms with Crippen molar-refractivity contribution < 1.29 is 44.3 Å². The number of carbonyl (C=O) groups is 4. The third-order valence-corrected chi connectivity index (χ3v) is 1.02. The van der Waals surface area contributed by atoms with Crippen LogP contribution in [0.25, 0.3) is 0 Å². The Morgan fingerprint density at radius 2 is 1.09 bits per heavy atom. The first-order valence-electron chi connectivity index (χ1n) is 5.41. The van der Waals surface area contributed by atoms with Crippen LogP contribution in [-0.2, 0) is 14.3 Å². The van der Waals surface area contributed by atoms with Crippen molar-refractivity contribution in [3.63, 3.8) is 0 Å². The van der Waals surface area contributed by atoms with Crippen LogP contribution in [0.15, 0.2) is 24.3 Å². The van der Waals surface area contributed by atoms with E-state index in [4.69, 9.17) is 25.2 Å². The Balaban J connectivity index is -0.0000000994. The summed E-state index contributed by atoms with van der Waals surface area (Å²) < 4.78 is 4.18. The first-order chi connectivity index (χ1) is 9.79. The molecule has 128 valence electrons. The molecular formula is C12H21NO9. The molecule has 0 aromatic rings. The lowest BCUT2D eigenvalue weighted by Gasteiger charge is -1.89. The zero-order valence-electron chi connectivity index (χ0n) is 12.5. The third kappa shape index (κ3) is 68.2. The van der Waals surface area contributed by atoms with Gasteiger partial charge in [0.2, 0.25) is 0 Å². The molecule has 0 heterocycles. The van der Waals surface area contributed by atoms with Crippen molar-refractivity contribution >= 4 is 24.2 Å². The first-order valence-corrected chi connectivity index (χ1v) is 5.41. The average Bonchev–Trinajstić information content (AvgIpc) is 2.28. The molecule has 0 aliphatic carbocycles. The number of hydrogen-bond acceptors (Lipinski definition) is 5. The number of amides is 1. The molecule has 0 aromatic carbocycles. The Labute approximate surface area is 127 Å². The lowest BCUT2D eigenvalue weighted by molar-refractivity contribution is -0.133. The highest BCUT2D eigenvalue weighted by Crippen LogP contribution is 1.81. The number of ether oxygens (including phenoxy) is 1. The van der Waals surface area contributed by atoms with Gasteiger partial charge in [0.25, 0.3) is 0 Å². The highest BCUT2D eigenvalue weighted by atomic mass is 16.6. The summed E-state index contributed by atoms with van der Waals surface area (Å²) >= 11 is 0. The molecule has 0 unspecified atom stereocenters. The number of primary amides is 1. The van der Waals surface area contributed by atoms with Gasteiger partial charge in [-0.2, -0.15) is 0 Å². The monoisotopic (exact) mass is 323 g/mol. The molecule has 0 rings (SSSR count). The first kappa shape index (κ1) is 27.3. The second-order valence-electron chi connectivity index (χ2n) is 3.21. The van der Waals surface area contributed by atoms with Gasteiger partial charge in [-0.25, -0.2) is 19.2 Å². The lowest BCUT2D eigenvalue weighted by Crippen LogP contribution is -2.11. The van der Waals surface area contributed by atoms with Gasteiger partial charge in [0.15, 0.2) is 0 Å². The summed E-state index contributed by atoms with van der Waals surface area (Å²) in [6.45, 7) is 11.3. The van der Waals surface area contributed by atoms with Crippen LogP contribution in [0.5, 0.6) is 0 Å². The molecule has 0 aromatic heterocycles. The van der Waals surface area contributed by atoms with Crippen LogP contribution in [0, 0.1) is 0 Å². The van der Waals surface area contributed by atoms with Crippen LogP contribution in [0.3, 0.4) is 0 Å². The van der Waals surface area contributed by atoms with Crippen LogP contribution < -0.4 is 5.73 Å². The Hall–Kier alpha value is -3.04. The second-order valence-corrected chi connectivity index (χ2v) is 3.21. The van der Waals surface area contributed by atoms with E-state index in [-0.39, 0.29) is 11.1 Å². The van der Waals surface area contributed by atoms with Crippen molar-refractivity contribution in [1.82, 2.24) is 0 Å². The van der Waals surface area contributed by atoms with Gasteiger partial charge in [-0.05, 0) is 20.8 Å². The third-order valence-electron chi connectivity index (χ3n) is 1.02. The largest absolute Gasteiger partial charge is 0.503 e. The maximum Gasteiger partial charge on any atom is 0.503 e. The van der Waals surface area contributed by atoms with E-state index in [0.29, 0.717) is 6.61 Å². The van der Waals surface area contributed by atoms with Crippen LogP contribution >= 0.6 is 0 Å². The number of rotatable bonds is 3. The van der Waals surface area contributed by atoms with Crippen LogP contribution in [0.1, 0.15) is 20.8 Å². The Kier molecular flexibility index (Phi) is 22.3. The van der Waals surface area contributed by atoms with Crippen molar-refractivity contribution in [2.24, 2.45) is 5.73 Å². The van der Waals surface area contributed by atoms with E-state index < -0.39 is 24.2 Å². The fourth-order valence-electron chi connectivity index (χ4n) is 0.142. The summed E-state index contributed by atoms with van der Waals surface area (Å²) in [5, 5.41) is 29.7. The van der Waals surface area contributed by atoms with Crippen molar-refractivity contribution in [2.45, 2.75) is 20.8 Å². The quantitative estimate of drug-likeness (QED) is 0.481. The highest BCUT2D eigenvalue weighted by molar-refractivity contribution is 5.85. The zero-order chi connectivity index (χ0) is 18.9. The van der Waals surface area contributed by atoms with E-state index >= 15 is 0 Å². The molecule has 0 atom stereocenters. The fraction of sp³-hybridized carbons (Fsp3) is 0.333. The summed E-state index contributed by atoms with van der Waals surface area (Å²) in [6.07, 6.45) is -2.54. The molecule has 0 saturated heterocycles. The minimum atomic E-state index is -1.83. The molecule has 0 fully saturated rings. The summed E-state index contributed by atoms with van der Waals surface area (Å²) in [5.74, 6) is -1.87. The van der Waals surface area contributed by atoms with Crippen molar-refractivity contribution in [3.8, 4) is 0 Å². The summed E-state index contributed by atoms with van der Waals surface area (Å²) in [7, 11) is 0.